The zero-order valence-corrected chi connectivity index (χ0v) is 16.3. The molecule has 2 saturated heterocycles. The van der Waals surface area contributed by atoms with E-state index >= 15 is 0 Å². The highest BCUT2D eigenvalue weighted by Gasteiger charge is 2.19. The lowest BCUT2D eigenvalue weighted by molar-refractivity contribution is 0.0945. The number of piperazine rings is 1. The van der Waals surface area contributed by atoms with Crippen LogP contribution in [-0.2, 0) is 0 Å². The number of likely N-dealkylation sites (N-methyl/N-ethyl adjacent to an activating group) is 1. The number of nitrogens with zero attached hydrogens (tertiary/aromatic N) is 4. The fraction of sp³-hybridized carbons (Fsp3) is 0.700. The number of amides is 1. The van der Waals surface area contributed by atoms with Gasteiger partial charge < -0.3 is 20.0 Å². The zero-order chi connectivity index (χ0) is 18.4. The number of rotatable bonds is 6. The number of likely N-dealkylation sites (tertiary alicyclic amines) is 1. The third-order valence-electron chi connectivity index (χ3n) is 5.84. The highest BCUT2D eigenvalue weighted by molar-refractivity contribution is 5.94. The lowest BCUT2D eigenvalue weighted by atomic mass is 10.0. The Labute approximate surface area is 157 Å². The third kappa shape index (κ3) is 4.95. The second kappa shape index (κ2) is 9.33. The van der Waals surface area contributed by atoms with Gasteiger partial charge in [0.15, 0.2) is 0 Å². The van der Waals surface area contributed by atoms with Crippen molar-refractivity contribution in [3.63, 3.8) is 0 Å². The SMILES string of the molecule is CCN1CCN(c2ccc(C(=O)NCCC3CCCCN3C)cn2)CC1. The summed E-state index contributed by atoms with van der Waals surface area (Å²) in [7, 11) is 2.19. The number of nitrogens with one attached hydrogen (secondary N) is 1. The van der Waals surface area contributed by atoms with Gasteiger partial charge in [0, 0.05) is 45.0 Å². The number of anilines is 1. The number of piperidine rings is 1. The molecule has 1 amide bonds. The van der Waals surface area contributed by atoms with Crippen LogP contribution in [0.25, 0.3) is 0 Å². The standard InChI is InChI=1S/C20H33N5O/c1-3-24-12-14-25(15-13-24)19-8-7-17(16-22-19)20(26)21-10-9-18-6-4-5-11-23(18)2/h7-8,16,18H,3-6,9-15H2,1-2H3,(H,21,26). The average Bonchev–Trinajstić information content (AvgIpc) is 2.69. The van der Waals surface area contributed by atoms with E-state index in [2.05, 4.69) is 39.0 Å². The van der Waals surface area contributed by atoms with Crippen molar-refractivity contribution in [3.8, 4) is 0 Å². The van der Waals surface area contributed by atoms with Gasteiger partial charge in [0.1, 0.15) is 5.82 Å². The molecule has 3 heterocycles. The molecule has 6 nitrogen and oxygen atoms in total. The molecule has 2 fully saturated rings. The van der Waals surface area contributed by atoms with Crippen LogP contribution in [0.3, 0.4) is 0 Å². The predicted molar refractivity (Wildman–Crippen MR) is 106 cm³/mol. The minimum atomic E-state index is -0.0154. The molecule has 2 aliphatic heterocycles. The van der Waals surface area contributed by atoms with Crippen LogP contribution in [0, 0.1) is 0 Å². The lowest BCUT2D eigenvalue weighted by Crippen LogP contribution is -2.46. The molecule has 2 aliphatic rings. The van der Waals surface area contributed by atoms with Gasteiger partial charge in [0.05, 0.1) is 5.56 Å². The maximum absolute atomic E-state index is 12.4. The highest BCUT2D eigenvalue weighted by atomic mass is 16.1. The van der Waals surface area contributed by atoms with Crippen molar-refractivity contribution < 1.29 is 4.79 Å². The number of hydrogen-bond acceptors (Lipinski definition) is 5. The molecule has 0 radical (unpaired) electrons. The molecule has 0 spiro atoms. The smallest absolute Gasteiger partial charge is 0.252 e. The summed E-state index contributed by atoms with van der Waals surface area (Å²) in [6, 6.07) is 4.48. The summed E-state index contributed by atoms with van der Waals surface area (Å²) < 4.78 is 0. The second-order valence-corrected chi connectivity index (χ2v) is 7.50. The Balaban J connectivity index is 1.45. The van der Waals surface area contributed by atoms with E-state index in [4.69, 9.17) is 0 Å². The van der Waals surface area contributed by atoms with Crippen LogP contribution in [-0.4, -0.2) is 79.6 Å². The summed E-state index contributed by atoms with van der Waals surface area (Å²) in [6.45, 7) is 9.38. The van der Waals surface area contributed by atoms with E-state index in [0.717, 1.165) is 51.5 Å². The Morgan fingerprint density at radius 2 is 2.00 bits per heavy atom. The Hall–Kier alpha value is -1.66. The second-order valence-electron chi connectivity index (χ2n) is 7.50. The van der Waals surface area contributed by atoms with E-state index in [1.165, 1.54) is 25.8 Å². The monoisotopic (exact) mass is 359 g/mol. The first-order valence-corrected chi connectivity index (χ1v) is 10.1. The van der Waals surface area contributed by atoms with E-state index in [0.29, 0.717) is 11.6 Å². The van der Waals surface area contributed by atoms with Crippen LogP contribution in [0.15, 0.2) is 18.3 Å². The van der Waals surface area contributed by atoms with Gasteiger partial charge in [-0.25, -0.2) is 4.98 Å². The molecule has 144 valence electrons. The molecule has 0 saturated carbocycles. The number of hydrogen-bond donors (Lipinski definition) is 1. The first-order valence-electron chi connectivity index (χ1n) is 10.1. The van der Waals surface area contributed by atoms with E-state index in [1.54, 1.807) is 6.20 Å². The Kier molecular flexibility index (Phi) is 6.86. The molecule has 0 bridgehead atoms. The lowest BCUT2D eigenvalue weighted by Gasteiger charge is -2.34. The van der Waals surface area contributed by atoms with E-state index in [-0.39, 0.29) is 5.91 Å². The first kappa shape index (κ1) is 19.1. The molecule has 0 aromatic carbocycles. The van der Waals surface area contributed by atoms with Gasteiger partial charge in [-0.3, -0.25) is 4.79 Å². The van der Waals surface area contributed by atoms with Gasteiger partial charge in [0.2, 0.25) is 0 Å². The molecule has 26 heavy (non-hydrogen) atoms. The fourth-order valence-corrected chi connectivity index (χ4v) is 3.96. The van der Waals surface area contributed by atoms with Crippen molar-refractivity contribution in [1.29, 1.82) is 0 Å². The summed E-state index contributed by atoms with van der Waals surface area (Å²) >= 11 is 0. The van der Waals surface area contributed by atoms with Crippen LogP contribution in [0.5, 0.6) is 0 Å². The Morgan fingerprint density at radius 1 is 1.19 bits per heavy atom. The summed E-state index contributed by atoms with van der Waals surface area (Å²) in [5.41, 5.74) is 0.651. The molecule has 1 atom stereocenters. The van der Waals surface area contributed by atoms with Gasteiger partial charge in [-0.1, -0.05) is 13.3 Å². The zero-order valence-electron chi connectivity index (χ0n) is 16.3. The third-order valence-corrected chi connectivity index (χ3v) is 5.84. The highest BCUT2D eigenvalue weighted by Crippen LogP contribution is 2.17. The fourth-order valence-electron chi connectivity index (χ4n) is 3.96. The van der Waals surface area contributed by atoms with Crippen molar-refractivity contribution in [3.05, 3.63) is 23.9 Å². The van der Waals surface area contributed by atoms with Crippen LogP contribution in [0.2, 0.25) is 0 Å². The molecule has 1 N–H and O–H groups in total. The minimum absolute atomic E-state index is 0.0154. The molecular formula is C20H33N5O. The van der Waals surface area contributed by atoms with Gasteiger partial charge in [-0.05, 0) is 51.5 Å². The maximum Gasteiger partial charge on any atom is 0.252 e. The maximum atomic E-state index is 12.4. The molecule has 1 aromatic heterocycles. The largest absolute Gasteiger partial charge is 0.354 e. The summed E-state index contributed by atoms with van der Waals surface area (Å²) in [5.74, 6) is 0.958. The Morgan fingerprint density at radius 3 is 2.65 bits per heavy atom. The predicted octanol–water partition coefficient (Wildman–Crippen LogP) is 1.83. The van der Waals surface area contributed by atoms with Crippen molar-refractivity contribution in [1.82, 2.24) is 20.1 Å². The van der Waals surface area contributed by atoms with E-state index in [1.807, 2.05) is 12.1 Å². The van der Waals surface area contributed by atoms with Crippen molar-refractivity contribution >= 4 is 11.7 Å². The molecule has 3 rings (SSSR count). The van der Waals surface area contributed by atoms with Crippen LogP contribution in [0.4, 0.5) is 5.82 Å². The first-order chi connectivity index (χ1) is 12.7. The van der Waals surface area contributed by atoms with Crippen molar-refractivity contribution in [2.75, 3.05) is 57.8 Å². The molecule has 0 aliphatic carbocycles. The molecular weight excluding hydrogens is 326 g/mol. The van der Waals surface area contributed by atoms with Crippen molar-refractivity contribution in [2.24, 2.45) is 0 Å². The Bertz CT molecular complexity index is 568. The summed E-state index contributed by atoms with van der Waals surface area (Å²) in [6.07, 6.45) is 6.58. The van der Waals surface area contributed by atoms with Gasteiger partial charge >= 0.3 is 0 Å². The average molecular weight is 360 g/mol. The number of carbonyl (C=O) groups excluding carboxylic acids is 1. The summed E-state index contributed by atoms with van der Waals surface area (Å²) in [4.78, 5) is 24.0. The van der Waals surface area contributed by atoms with Crippen LogP contribution in [0.1, 0.15) is 43.0 Å². The van der Waals surface area contributed by atoms with Gasteiger partial charge in [0.25, 0.3) is 5.91 Å². The quantitative estimate of drug-likeness (QED) is 0.840. The van der Waals surface area contributed by atoms with Gasteiger partial charge in [-0.2, -0.15) is 0 Å². The van der Waals surface area contributed by atoms with Crippen LogP contribution >= 0.6 is 0 Å². The number of carbonyl (C=O) groups is 1. The van der Waals surface area contributed by atoms with Gasteiger partial charge in [-0.15, -0.1) is 0 Å². The molecule has 1 unspecified atom stereocenters. The topological polar surface area (TPSA) is 51.7 Å². The normalized spacial score (nSPS) is 22.4. The minimum Gasteiger partial charge on any atom is -0.354 e. The van der Waals surface area contributed by atoms with Crippen molar-refractivity contribution in [2.45, 2.75) is 38.6 Å². The number of aromatic nitrogens is 1. The number of pyridine rings is 1. The molecule has 1 aromatic rings. The summed E-state index contributed by atoms with van der Waals surface area (Å²) in [5, 5.41) is 3.05. The molecule has 6 heteroatoms. The van der Waals surface area contributed by atoms with E-state index < -0.39 is 0 Å². The van der Waals surface area contributed by atoms with E-state index in [9.17, 15) is 4.79 Å². The van der Waals surface area contributed by atoms with Crippen LogP contribution < -0.4 is 10.2 Å².